The first kappa shape index (κ1) is 13.8. The lowest BCUT2D eigenvalue weighted by Crippen LogP contribution is -2.20. The van der Waals surface area contributed by atoms with Crippen molar-refractivity contribution in [2.75, 3.05) is 13.1 Å². The van der Waals surface area contributed by atoms with Crippen LogP contribution in [0, 0.1) is 6.92 Å². The average molecular weight is 299 g/mol. The molecule has 116 valence electrons. The molecule has 1 saturated heterocycles. The van der Waals surface area contributed by atoms with Crippen LogP contribution < -0.4 is 4.74 Å². The van der Waals surface area contributed by atoms with Crippen LogP contribution in [-0.2, 0) is 6.54 Å². The van der Waals surface area contributed by atoms with E-state index in [-0.39, 0.29) is 0 Å². The predicted molar refractivity (Wildman–Crippen MR) is 81.8 cm³/mol. The molecular weight excluding hydrogens is 278 g/mol. The fourth-order valence-corrected chi connectivity index (χ4v) is 3.01. The van der Waals surface area contributed by atoms with Gasteiger partial charge in [0.05, 0.1) is 12.0 Å². The Morgan fingerprint density at radius 1 is 1.27 bits per heavy atom. The summed E-state index contributed by atoms with van der Waals surface area (Å²) in [5, 5.41) is 3.90. The minimum Gasteiger partial charge on any atom is -0.490 e. The Morgan fingerprint density at radius 2 is 2.14 bits per heavy atom. The number of ether oxygens (including phenoxy) is 1. The van der Waals surface area contributed by atoms with Crippen LogP contribution in [0.5, 0.6) is 5.75 Å². The molecule has 1 aromatic carbocycles. The van der Waals surface area contributed by atoms with Crippen molar-refractivity contribution in [1.82, 2.24) is 15.0 Å². The molecule has 0 bridgehead atoms. The summed E-state index contributed by atoms with van der Waals surface area (Å²) in [4.78, 5) is 6.81. The van der Waals surface area contributed by atoms with Crippen LogP contribution >= 0.6 is 0 Å². The van der Waals surface area contributed by atoms with Crippen molar-refractivity contribution in [1.29, 1.82) is 0 Å². The number of benzene rings is 1. The van der Waals surface area contributed by atoms with Crippen LogP contribution in [0.25, 0.3) is 0 Å². The van der Waals surface area contributed by atoms with Gasteiger partial charge in [-0.05, 0) is 38.8 Å². The van der Waals surface area contributed by atoms with Crippen molar-refractivity contribution in [2.45, 2.75) is 44.8 Å². The number of aromatic nitrogens is 2. The van der Waals surface area contributed by atoms with Gasteiger partial charge in [-0.2, -0.15) is 4.98 Å². The number of nitrogens with zero attached hydrogens (tertiary/aromatic N) is 3. The van der Waals surface area contributed by atoms with Gasteiger partial charge in [0.25, 0.3) is 0 Å². The molecule has 1 aromatic heterocycles. The Labute approximate surface area is 130 Å². The molecule has 0 spiro atoms. The topological polar surface area (TPSA) is 51.4 Å². The first-order chi connectivity index (χ1) is 10.8. The fourth-order valence-electron chi connectivity index (χ4n) is 3.01. The maximum absolute atomic E-state index is 6.01. The maximum atomic E-state index is 6.01. The van der Waals surface area contributed by atoms with Crippen molar-refractivity contribution in [3.63, 3.8) is 0 Å². The van der Waals surface area contributed by atoms with Crippen molar-refractivity contribution < 1.29 is 9.26 Å². The van der Waals surface area contributed by atoms with Crippen LogP contribution in [-0.4, -0.2) is 34.2 Å². The van der Waals surface area contributed by atoms with Gasteiger partial charge >= 0.3 is 0 Å². The minimum atomic E-state index is 0.359. The summed E-state index contributed by atoms with van der Waals surface area (Å²) in [7, 11) is 0. The molecule has 1 atom stereocenters. The molecule has 0 radical (unpaired) electrons. The minimum absolute atomic E-state index is 0.359. The third kappa shape index (κ3) is 2.99. The Balaban J connectivity index is 1.42. The van der Waals surface area contributed by atoms with E-state index >= 15 is 0 Å². The number of hydrogen-bond donors (Lipinski definition) is 0. The highest BCUT2D eigenvalue weighted by molar-refractivity contribution is 5.34. The maximum Gasteiger partial charge on any atom is 0.231 e. The van der Waals surface area contributed by atoms with Gasteiger partial charge in [0.2, 0.25) is 5.89 Å². The van der Waals surface area contributed by atoms with E-state index in [0.717, 1.165) is 43.5 Å². The second kappa shape index (κ2) is 5.72. The quantitative estimate of drug-likeness (QED) is 0.849. The van der Waals surface area contributed by atoms with E-state index in [1.807, 2.05) is 6.92 Å². The van der Waals surface area contributed by atoms with E-state index in [4.69, 9.17) is 9.26 Å². The van der Waals surface area contributed by atoms with E-state index in [1.165, 1.54) is 18.4 Å². The molecule has 5 heteroatoms. The van der Waals surface area contributed by atoms with Gasteiger partial charge in [-0.15, -0.1) is 0 Å². The number of hydrogen-bond acceptors (Lipinski definition) is 5. The van der Waals surface area contributed by atoms with E-state index in [1.54, 1.807) is 0 Å². The van der Waals surface area contributed by atoms with Crippen molar-refractivity contribution in [2.24, 2.45) is 0 Å². The standard InChI is InChI=1S/C17H21N3O2/c1-12-18-17(22-19-12)14-8-9-20(11-14)10-13-4-2-3-5-16(13)21-15-6-7-15/h2-5,14-15H,6-11H2,1H3. The number of rotatable bonds is 5. The lowest BCUT2D eigenvalue weighted by molar-refractivity contribution is 0.279. The van der Waals surface area contributed by atoms with Gasteiger partial charge in [0.1, 0.15) is 5.75 Å². The molecule has 4 rings (SSSR count). The van der Waals surface area contributed by atoms with E-state index < -0.39 is 0 Å². The van der Waals surface area contributed by atoms with Crippen LogP contribution in [0.2, 0.25) is 0 Å². The predicted octanol–water partition coefficient (Wildman–Crippen LogP) is 2.91. The zero-order chi connectivity index (χ0) is 14.9. The van der Waals surface area contributed by atoms with Gasteiger partial charge in [-0.3, -0.25) is 4.90 Å². The second-order valence-corrected chi connectivity index (χ2v) is 6.33. The summed E-state index contributed by atoms with van der Waals surface area (Å²) >= 11 is 0. The van der Waals surface area contributed by atoms with Gasteiger partial charge in [0, 0.05) is 18.7 Å². The molecular formula is C17H21N3O2. The lowest BCUT2D eigenvalue weighted by Gasteiger charge is -2.18. The molecule has 0 N–H and O–H groups in total. The number of likely N-dealkylation sites (tertiary alicyclic amines) is 1. The summed E-state index contributed by atoms with van der Waals surface area (Å²) < 4.78 is 11.3. The highest BCUT2D eigenvalue weighted by Crippen LogP contribution is 2.32. The molecule has 2 fully saturated rings. The fraction of sp³-hybridized carbons (Fsp3) is 0.529. The first-order valence-electron chi connectivity index (χ1n) is 8.05. The van der Waals surface area contributed by atoms with E-state index in [0.29, 0.717) is 12.0 Å². The number of para-hydroxylation sites is 1. The molecule has 5 nitrogen and oxygen atoms in total. The van der Waals surface area contributed by atoms with Gasteiger partial charge in [-0.25, -0.2) is 0 Å². The highest BCUT2D eigenvalue weighted by atomic mass is 16.5. The second-order valence-electron chi connectivity index (χ2n) is 6.33. The summed E-state index contributed by atoms with van der Waals surface area (Å²) in [5.41, 5.74) is 1.27. The van der Waals surface area contributed by atoms with Gasteiger partial charge in [-0.1, -0.05) is 23.4 Å². The summed E-state index contributed by atoms with van der Waals surface area (Å²) in [6.45, 7) is 4.82. The Hall–Kier alpha value is -1.88. The summed E-state index contributed by atoms with van der Waals surface area (Å²) in [6, 6.07) is 8.39. The Kier molecular flexibility index (Phi) is 3.58. The zero-order valence-electron chi connectivity index (χ0n) is 12.9. The molecule has 1 saturated carbocycles. The summed E-state index contributed by atoms with van der Waals surface area (Å²) in [6.07, 6.45) is 3.90. The molecule has 1 aliphatic carbocycles. The molecule has 2 aromatic rings. The van der Waals surface area contributed by atoms with Gasteiger partial charge in [0.15, 0.2) is 5.82 Å². The lowest BCUT2D eigenvalue weighted by atomic mass is 10.1. The third-order valence-electron chi connectivity index (χ3n) is 4.35. The van der Waals surface area contributed by atoms with E-state index in [2.05, 4.69) is 39.3 Å². The van der Waals surface area contributed by atoms with Crippen molar-refractivity contribution >= 4 is 0 Å². The van der Waals surface area contributed by atoms with Crippen LogP contribution in [0.3, 0.4) is 0 Å². The average Bonchev–Trinajstić information content (AvgIpc) is 3.03. The third-order valence-corrected chi connectivity index (χ3v) is 4.35. The smallest absolute Gasteiger partial charge is 0.231 e. The van der Waals surface area contributed by atoms with Crippen molar-refractivity contribution in [3.05, 3.63) is 41.5 Å². The zero-order valence-corrected chi connectivity index (χ0v) is 12.9. The first-order valence-corrected chi connectivity index (χ1v) is 8.05. The summed E-state index contributed by atoms with van der Waals surface area (Å²) in [5.74, 6) is 2.90. The van der Waals surface area contributed by atoms with Crippen LogP contribution in [0.15, 0.2) is 28.8 Å². The molecule has 2 heterocycles. The molecule has 22 heavy (non-hydrogen) atoms. The highest BCUT2D eigenvalue weighted by Gasteiger charge is 2.29. The SMILES string of the molecule is Cc1noc(C2CCN(Cc3ccccc3OC3CC3)C2)n1. The monoisotopic (exact) mass is 299 g/mol. The largest absolute Gasteiger partial charge is 0.490 e. The molecule has 1 aliphatic heterocycles. The molecule has 1 unspecified atom stereocenters. The normalized spacial score (nSPS) is 22.1. The molecule has 2 aliphatic rings. The molecule has 0 amide bonds. The van der Waals surface area contributed by atoms with Crippen LogP contribution in [0.1, 0.15) is 42.5 Å². The number of aryl methyl sites for hydroxylation is 1. The van der Waals surface area contributed by atoms with Crippen LogP contribution in [0.4, 0.5) is 0 Å². The Morgan fingerprint density at radius 3 is 2.91 bits per heavy atom. The van der Waals surface area contributed by atoms with E-state index in [9.17, 15) is 0 Å². The van der Waals surface area contributed by atoms with Gasteiger partial charge < -0.3 is 9.26 Å². The van der Waals surface area contributed by atoms with Crippen molar-refractivity contribution in [3.8, 4) is 5.75 Å². The Bertz CT molecular complexity index is 651.